The van der Waals surface area contributed by atoms with Crippen LogP contribution in [0.3, 0.4) is 0 Å². The number of amides is 2. The summed E-state index contributed by atoms with van der Waals surface area (Å²) < 4.78 is 13.0. The summed E-state index contributed by atoms with van der Waals surface area (Å²) in [5.74, 6) is -5.26. The van der Waals surface area contributed by atoms with Gasteiger partial charge < -0.3 is 51.3 Å². The van der Waals surface area contributed by atoms with Crippen LogP contribution in [0, 0.1) is 0 Å². The molecule has 1 fully saturated rings. The van der Waals surface area contributed by atoms with Gasteiger partial charge in [0.1, 0.15) is 17.9 Å². The Morgan fingerprint density at radius 3 is 2.70 bits per heavy atom. The summed E-state index contributed by atoms with van der Waals surface area (Å²) in [7, 11) is 0. The van der Waals surface area contributed by atoms with Crippen molar-refractivity contribution in [1.82, 2.24) is 30.6 Å². The maximum atomic E-state index is 12.5. The number of aliphatic carboxylic acids is 1. The largest absolute Gasteiger partial charge is 0.477 e. The summed E-state index contributed by atoms with van der Waals surface area (Å²) in [6.45, 7) is 0.617. The minimum absolute atomic E-state index is 0.239. The fraction of sp³-hybridized carbons (Fsp3) is 0.367. The van der Waals surface area contributed by atoms with Crippen LogP contribution in [0.15, 0.2) is 60.9 Å². The first-order valence-corrected chi connectivity index (χ1v) is 14.4. The Morgan fingerprint density at radius 1 is 1.22 bits per heavy atom. The fourth-order valence-corrected chi connectivity index (χ4v) is 5.35. The van der Waals surface area contributed by atoms with Crippen LogP contribution in [0.1, 0.15) is 35.0 Å². The number of aromatic nitrogens is 4. The van der Waals surface area contributed by atoms with E-state index in [4.69, 9.17) is 15.2 Å². The van der Waals surface area contributed by atoms with Gasteiger partial charge in [-0.15, -0.1) is 5.10 Å². The summed E-state index contributed by atoms with van der Waals surface area (Å²) in [5, 5.41) is 56.9. The van der Waals surface area contributed by atoms with Gasteiger partial charge in [0, 0.05) is 48.2 Å². The van der Waals surface area contributed by atoms with Gasteiger partial charge in [-0.3, -0.25) is 9.59 Å². The van der Waals surface area contributed by atoms with E-state index in [1.54, 1.807) is 42.6 Å². The molecule has 1 aliphatic heterocycles. The average Bonchev–Trinajstić information content (AvgIpc) is 3.66. The highest BCUT2D eigenvalue weighted by Crippen LogP contribution is 2.34. The molecule has 46 heavy (non-hydrogen) atoms. The minimum atomic E-state index is -2.51. The smallest absolute Gasteiger partial charge is 0.364 e. The molecule has 0 aliphatic carbocycles. The van der Waals surface area contributed by atoms with Crippen molar-refractivity contribution in [3.05, 3.63) is 77.7 Å². The number of nitrogens with zero attached hydrogens (tertiary/aromatic N) is 3. The number of H-pyrrole nitrogens is 1. The minimum Gasteiger partial charge on any atom is -0.477 e. The van der Waals surface area contributed by atoms with Crippen molar-refractivity contribution in [1.29, 1.82) is 0 Å². The number of anilines is 1. The van der Waals surface area contributed by atoms with E-state index in [1.807, 2.05) is 18.3 Å². The summed E-state index contributed by atoms with van der Waals surface area (Å²) in [4.78, 5) is 40.1. The maximum absolute atomic E-state index is 12.5. The van der Waals surface area contributed by atoms with E-state index in [0.29, 0.717) is 17.8 Å². The third-order valence-electron chi connectivity index (χ3n) is 7.67. The van der Waals surface area contributed by atoms with Crippen LogP contribution in [0.5, 0.6) is 0 Å². The molecule has 5 rings (SSSR count). The second-order valence-corrected chi connectivity index (χ2v) is 11.1. The third kappa shape index (κ3) is 7.16. The fourth-order valence-electron chi connectivity index (χ4n) is 5.35. The molecule has 0 spiro atoms. The van der Waals surface area contributed by atoms with Crippen molar-refractivity contribution in [2.75, 3.05) is 12.3 Å². The zero-order valence-corrected chi connectivity index (χ0v) is 24.7. The van der Waals surface area contributed by atoms with Crippen molar-refractivity contribution >= 4 is 34.4 Å². The number of nitrogens with two attached hydrogens (primary N) is 1. The van der Waals surface area contributed by atoms with Gasteiger partial charge in [0.25, 0.3) is 11.7 Å². The van der Waals surface area contributed by atoms with E-state index >= 15 is 0 Å². The third-order valence-corrected chi connectivity index (χ3v) is 7.67. The Morgan fingerprint density at radius 2 is 1.98 bits per heavy atom. The Kier molecular flexibility index (Phi) is 9.64. The number of aromatic amines is 1. The lowest BCUT2D eigenvalue weighted by Gasteiger charge is -2.46. The number of rotatable bonds is 12. The van der Waals surface area contributed by atoms with Gasteiger partial charge in [-0.25, -0.2) is 9.48 Å². The lowest BCUT2D eigenvalue weighted by molar-refractivity contribution is -0.314. The monoisotopic (exact) mass is 637 g/mol. The van der Waals surface area contributed by atoms with E-state index in [1.165, 1.54) is 4.68 Å². The van der Waals surface area contributed by atoms with Crippen LogP contribution < -0.4 is 16.4 Å². The van der Waals surface area contributed by atoms with Crippen LogP contribution in [-0.4, -0.2) is 101 Å². The molecule has 0 bridgehead atoms. The van der Waals surface area contributed by atoms with Crippen molar-refractivity contribution in [3.63, 3.8) is 0 Å². The Bertz CT molecular complexity index is 1690. The zero-order valence-electron chi connectivity index (χ0n) is 24.7. The van der Waals surface area contributed by atoms with Gasteiger partial charge in [-0.05, 0) is 35.9 Å². The van der Waals surface area contributed by atoms with Crippen LogP contribution in [0.25, 0.3) is 10.9 Å². The number of nitrogens with one attached hydrogen (secondary N) is 3. The van der Waals surface area contributed by atoms with Crippen molar-refractivity contribution < 1.29 is 44.3 Å². The molecule has 2 aromatic carbocycles. The summed E-state index contributed by atoms with van der Waals surface area (Å²) in [6, 6.07) is 12.3. The Balaban J connectivity index is 1.29. The molecule has 1 saturated heterocycles. The van der Waals surface area contributed by atoms with Crippen LogP contribution in [0.2, 0.25) is 0 Å². The van der Waals surface area contributed by atoms with E-state index < -0.39 is 73.6 Å². The molecule has 0 radical (unpaired) electrons. The first-order valence-electron chi connectivity index (χ1n) is 14.4. The van der Waals surface area contributed by atoms with Crippen molar-refractivity contribution in [2.24, 2.45) is 0 Å². The van der Waals surface area contributed by atoms with Gasteiger partial charge in [0.15, 0.2) is 0 Å². The number of hydrogen-bond acceptors (Lipinski definition) is 11. The highest BCUT2D eigenvalue weighted by Gasteiger charge is 2.55. The van der Waals surface area contributed by atoms with Gasteiger partial charge in [0.05, 0.1) is 37.6 Å². The number of aliphatic hydroxyl groups excluding tert-OH is 3. The molecule has 4 aromatic rings. The highest BCUT2D eigenvalue weighted by molar-refractivity contribution is 5.94. The van der Waals surface area contributed by atoms with Gasteiger partial charge in [-0.2, -0.15) is 0 Å². The van der Waals surface area contributed by atoms with E-state index in [9.17, 15) is 34.8 Å². The molecule has 2 amide bonds. The second kappa shape index (κ2) is 13.6. The molecule has 6 atom stereocenters. The SMILES string of the molecule is CC(=O)N[C@H]1C([C@H](O)[C@H](O)CNC(=O)c2ccccc2)O[C@@](OCc2cn(Cc3c[nH]c4ccc(N)cc34)nn2)(C(=O)O)C[C@@H]1O. The number of benzene rings is 2. The molecule has 2 aromatic heterocycles. The number of nitrogen functional groups attached to an aromatic ring is 1. The molecule has 16 nitrogen and oxygen atoms in total. The van der Waals surface area contributed by atoms with Gasteiger partial charge in [-0.1, -0.05) is 23.4 Å². The Hall–Kier alpha value is -4.87. The number of carbonyl (C=O) groups is 3. The predicted molar refractivity (Wildman–Crippen MR) is 161 cm³/mol. The molecular weight excluding hydrogens is 602 g/mol. The number of aliphatic hydroxyl groups is 3. The molecule has 9 N–H and O–H groups in total. The molecule has 244 valence electrons. The molecule has 3 heterocycles. The number of carbonyl (C=O) groups excluding carboxylic acids is 2. The zero-order chi connectivity index (χ0) is 33.0. The van der Waals surface area contributed by atoms with Crippen LogP contribution in [-0.2, 0) is 32.2 Å². The standard InChI is InChI=1S/C30H35N7O9/c1-16(38)34-25-23(39)10-30(29(43)44,46-27(25)26(41)24(40)12-33-28(42)17-5-3-2-4-6-17)45-15-20-14-37(36-35-20)13-18-11-32-22-8-7-19(31)9-21(18)22/h2-9,11,14,23-27,32,39-41H,10,12-13,15,31H2,1H3,(H,33,42)(H,34,38)(H,43,44)/t23-,24+,25+,26+,27?,30+/m0/s1. The van der Waals surface area contributed by atoms with E-state index in [2.05, 4.69) is 25.9 Å². The number of ether oxygens (including phenoxy) is 2. The summed E-state index contributed by atoms with van der Waals surface area (Å²) in [5.41, 5.74) is 8.85. The normalized spacial score (nSPS) is 22.7. The van der Waals surface area contributed by atoms with E-state index in [-0.39, 0.29) is 5.69 Å². The van der Waals surface area contributed by atoms with E-state index in [0.717, 1.165) is 23.4 Å². The topological polar surface area (TPSA) is 247 Å². The summed E-state index contributed by atoms with van der Waals surface area (Å²) >= 11 is 0. The van der Waals surface area contributed by atoms with Crippen LogP contribution in [0.4, 0.5) is 5.69 Å². The predicted octanol–water partition coefficient (Wildman–Crippen LogP) is -0.506. The van der Waals surface area contributed by atoms with Crippen LogP contribution >= 0.6 is 0 Å². The lowest BCUT2D eigenvalue weighted by Crippen LogP contribution is -2.68. The second-order valence-electron chi connectivity index (χ2n) is 11.1. The maximum Gasteiger partial charge on any atom is 0.364 e. The highest BCUT2D eigenvalue weighted by atomic mass is 16.7. The molecule has 1 aliphatic rings. The summed E-state index contributed by atoms with van der Waals surface area (Å²) in [6.07, 6.45) is -4.09. The van der Waals surface area contributed by atoms with Crippen molar-refractivity contribution in [3.8, 4) is 0 Å². The lowest BCUT2D eigenvalue weighted by atomic mass is 9.88. The Labute approximate surface area is 262 Å². The molecule has 16 heteroatoms. The average molecular weight is 638 g/mol. The number of carboxylic acid groups (broad SMARTS) is 1. The molecule has 1 unspecified atom stereocenters. The first-order chi connectivity index (χ1) is 22.0. The van der Waals surface area contributed by atoms with Crippen molar-refractivity contribution in [2.45, 2.75) is 62.7 Å². The number of fused-ring (bicyclic) bond motifs is 1. The van der Waals surface area contributed by atoms with Gasteiger partial charge in [0.2, 0.25) is 5.91 Å². The molecule has 0 saturated carbocycles. The molecular formula is C30H35N7O9. The number of hydrogen-bond donors (Lipinski definition) is 8. The quantitative estimate of drug-likeness (QED) is 0.0916. The van der Waals surface area contributed by atoms with Gasteiger partial charge >= 0.3 is 5.97 Å². The first kappa shape index (κ1) is 32.5. The number of carboxylic acids is 1.